The summed E-state index contributed by atoms with van der Waals surface area (Å²) in [6.07, 6.45) is -0.993. The summed E-state index contributed by atoms with van der Waals surface area (Å²) < 4.78 is 16.8. The van der Waals surface area contributed by atoms with E-state index in [0.717, 1.165) is 10.4 Å². The Hall–Kier alpha value is -3.62. The van der Waals surface area contributed by atoms with Gasteiger partial charge in [-0.15, -0.1) is 11.3 Å². The molecular formula is C25H19ClN2O5S. The topological polar surface area (TPSA) is 86.8 Å². The number of nitrogens with zero attached hydrogens (tertiary/aromatic N) is 1. The molecule has 1 amide bonds. The molecule has 1 N–H and O–H groups in total. The van der Waals surface area contributed by atoms with Crippen LogP contribution in [0.3, 0.4) is 0 Å². The molecule has 1 aliphatic heterocycles. The number of halogens is 1. The zero-order valence-electron chi connectivity index (χ0n) is 18.0. The van der Waals surface area contributed by atoms with Gasteiger partial charge < -0.3 is 19.5 Å². The zero-order chi connectivity index (χ0) is 23.7. The maximum Gasteiger partial charge on any atom is 0.339 e. The molecule has 172 valence electrons. The molecule has 9 heteroatoms. The first kappa shape index (κ1) is 22.2. The van der Waals surface area contributed by atoms with Gasteiger partial charge in [0.05, 0.1) is 26.0 Å². The van der Waals surface area contributed by atoms with Crippen LogP contribution in [0.15, 0.2) is 60.7 Å². The van der Waals surface area contributed by atoms with Gasteiger partial charge in [0.25, 0.3) is 5.91 Å². The maximum absolute atomic E-state index is 13.1. The summed E-state index contributed by atoms with van der Waals surface area (Å²) in [5, 5.41) is 3.43. The minimum absolute atomic E-state index is 0.184. The van der Waals surface area contributed by atoms with Gasteiger partial charge in [-0.05, 0) is 48.9 Å². The highest BCUT2D eigenvalue weighted by Gasteiger charge is 2.22. The summed E-state index contributed by atoms with van der Waals surface area (Å²) in [6.45, 7) is 1.98. The van der Waals surface area contributed by atoms with E-state index < -0.39 is 18.0 Å². The fourth-order valence-corrected chi connectivity index (χ4v) is 4.59. The maximum atomic E-state index is 13.1. The van der Waals surface area contributed by atoms with E-state index in [1.807, 2.05) is 30.3 Å². The van der Waals surface area contributed by atoms with Crippen molar-refractivity contribution in [1.29, 1.82) is 0 Å². The predicted octanol–water partition coefficient (Wildman–Crippen LogP) is 5.21. The monoisotopic (exact) mass is 494 g/mol. The minimum Gasteiger partial charge on any atom is -0.454 e. The second kappa shape index (κ2) is 9.32. The highest BCUT2D eigenvalue weighted by atomic mass is 35.5. The molecule has 0 saturated heterocycles. The number of esters is 1. The molecule has 3 heterocycles. The number of para-hydroxylation sites is 1. The van der Waals surface area contributed by atoms with Crippen LogP contribution in [0.2, 0.25) is 4.34 Å². The number of rotatable bonds is 6. The zero-order valence-corrected chi connectivity index (χ0v) is 19.6. The van der Waals surface area contributed by atoms with Crippen molar-refractivity contribution in [2.24, 2.45) is 0 Å². The van der Waals surface area contributed by atoms with Gasteiger partial charge >= 0.3 is 5.97 Å². The van der Waals surface area contributed by atoms with Crippen molar-refractivity contribution in [1.82, 2.24) is 10.3 Å². The summed E-state index contributed by atoms with van der Waals surface area (Å²) in [4.78, 5) is 31.2. The molecule has 4 aromatic rings. The molecule has 0 bridgehead atoms. The van der Waals surface area contributed by atoms with Crippen LogP contribution in [-0.4, -0.2) is 29.8 Å². The van der Waals surface area contributed by atoms with Gasteiger partial charge in [-0.2, -0.15) is 0 Å². The Morgan fingerprint density at radius 1 is 1.12 bits per heavy atom. The van der Waals surface area contributed by atoms with Crippen LogP contribution in [0.25, 0.3) is 21.5 Å². The Morgan fingerprint density at radius 3 is 2.76 bits per heavy atom. The smallest absolute Gasteiger partial charge is 0.339 e. The average molecular weight is 495 g/mol. The number of carbonyl (C=O) groups excluding carboxylic acids is 2. The number of ether oxygens (including phenoxy) is 3. The van der Waals surface area contributed by atoms with Crippen molar-refractivity contribution in [3.05, 3.63) is 76.1 Å². The Balaban J connectivity index is 1.31. The molecule has 2 aromatic heterocycles. The number of thiophene rings is 1. The van der Waals surface area contributed by atoms with E-state index in [1.54, 1.807) is 30.3 Å². The first-order valence-corrected chi connectivity index (χ1v) is 11.7. The summed E-state index contributed by atoms with van der Waals surface area (Å²) in [7, 11) is 0. The number of pyridine rings is 1. The molecular weight excluding hydrogens is 476 g/mol. The molecule has 2 aromatic carbocycles. The highest BCUT2D eigenvalue weighted by molar-refractivity contribution is 7.19. The number of aromatic nitrogens is 1. The Bertz CT molecular complexity index is 1400. The van der Waals surface area contributed by atoms with Crippen LogP contribution < -0.4 is 14.8 Å². The van der Waals surface area contributed by atoms with E-state index in [2.05, 4.69) is 10.3 Å². The van der Waals surface area contributed by atoms with E-state index in [0.29, 0.717) is 38.0 Å². The van der Waals surface area contributed by atoms with E-state index in [-0.39, 0.29) is 13.3 Å². The molecule has 0 fully saturated rings. The van der Waals surface area contributed by atoms with E-state index in [9.17, 15) is 9.59 Å². The summed E-state index contributed by atoms with van der Waals surface area (Å²) in [6, 6.07) is 18.0. The third-order valence-corrected chi connectivity index (χ3v) is 6.57. The normalized spacial score (nSPS) is 13.0. The van der Waals surface area contributed by atoms with Crippen LogP contribution in [0, 0.1) is 0 Å². The lowest BCUT2D eigenvalue weighted by molar-refractivity contribution is -0.129. The average Bonchev–Trinajstić information content (AvgIpc) is 3.50. The molecule has 5 rings (SSSR count). The number of carbonyl (C=O) groups is 2. The minimum atomic E-state index is -0.993. The number of amides is 1. The van der Waals surface area contributed by atoms with Crippen molar-refractivity contribution in [2.75, 3.05) is 6.79 Å². The first-order chi connectivity index (χ1) is 16.5. The lowest BCUT2D eigenvalue weighted by Gasteiger charge is -2.15. The second-order valence-electron chi connectivity index (χ2n) is 7.63. The SMILES string of the molecule is C[C@@H](OC(=O)c1cc(-c2ccc(Cl)s2)nc2ccccc12)C(=O)NCc1ccc2c(c1)OCO2. The molecule has 0 saturated carbocycles. The molecule has 7 nitrogen and oxygen atoms in total. The molecule has 0 radical (unpaired) electrons. The largest absolute Gasteiger partial charge is 0.454 e. The predicted molar refractivity (Wildman–Crippen MR) is 129 cm³/mol. The van der Waals surface area contributed by atoms with Gasteiger partial charge in [0.15, 0.2) is 17.6 Å². The summed E-state index contributed by atoms with van der Waals surface area (Å²) >= 11 is 7.45. The van der Waals surface area contributed by atoms with Gasteiger partial charge in [0, 0.05) is 11.9 Å². The number of hydrogen-bond acceptors (Lipinski definition) is 7. The molecule has 0 spiro atoms. The Labute approximate surface area is 204 Å². The van der Waals surface area contributed by atoms with Gasteiger partial charge in [0.1, 0.15) is 0 Å². The quantitative estimate of drug-likeness (QED) is 0.370. The fraction of sp³-hybridized carbons (Fsp3) is 0.160. The van der Waals surface area contributed by atoms with E-state index in [4.69, 9.17) is 25.8 Å². The summed E-state index contributed by atoms with van der Waals surface area (Å²) in [5.74, 6) is 0.299. The van der Waals surface area contributed by atoms with Crippen molar-refractivity contribution in [3.8, 4) is 22.1 Å². The third kappa shape index (κ3) is 4.55. The lowest BCUT2D eigenvalue weighted by Crippen LogP contribution is -2.35. The van der Waals surface area contributed by atoms with Gasteiger partial charge in [-0.3, -0.25) is 4.79 Å². The van der Waals surface area contributed by atoms with Gasteiger partial charge in [-0.25, -0.2) is 9.78 Å². The van der Waals surface area contributed by atoms with Crippen LogP contribution in [0.4, 0.5) is 0 Å². The van der Waals surface area contributed by atoms with Gasteiger partial charge in [-0.1, -0.05) is 35.9 Å². The molecule has 0 unspecified atom stereocenters. The van der Waals surface area contributed by atoms with Crippen LogP contribution in [-0.2, 0) is 16.1 Å². The van der Waals surface area contributed by atoms with Crippen molar-refractivity contribution >= 4 is 45.7 Å². The lowest BCUT2D eigenvalue weighted by atomic mass is 10.1. The molecule has 0 aliphatic carbocycles. The third-order valence-electron chi connectivity index (χ3n) is 5.32. The van der Waals surface area contributed by atoms with Gasteiger partial charge in [0.2, 0.25) is 6.79 Å². The van der Waals surface area contributed by atoms with Crippen LogP contribution in [0.5, 0.6) is 11.5 Å². The summed E-state index contributed by atoms with van der Waals surface area (Å²) in [5.41, 5.74) is 2.44. The molecule has 34 heavy (non-hydrogen) atoms. The number of fused-ring (bicyclic) bond motifs is 2. The fourth-order valence-electron chi connectivity index (χ4n) is 3.58. The molecule has 1 atom stereocenters. The van der Waals surface area contributed by atoms with Crippen molar-refractivity contribution in [2.45, 2.75) is 19.6 Å². The Kier molecular flexibility index (Phi) is 6.08. The number of nitrogens with one attached hydrogen (secondary N) is 1. The number of hydrogen-bond donors (Lipinski definition) is 1. The van der Waals surface area contributed by atoms with Crippen molar-refractivity contribution in [3.63, 3.8) is 0 Å². The van der Waals surface area contributed by atoms with Crippen molar-refractivity contribution < 1.29 is 23.8 Å². The molecule has 1 aliphatic rings. The first-order valence-electron chi connectivity index (χ1n) is 10.5. The van der Waals surface area contributed by atoms with Crippen LogP contribution >= 0.6 is 22.9 Å². The van der Waals surface area contributed by atoms with E-state index >= 15 is 0 Å². The second-order valence-corrected chi connectivity index (χ2v) is 9.34. The highest BCUT2D eigenvalue weighted by Crippen LogP contribution is 2.33. The van der Waals surface area contributed by atoms with E-state index in [1.165, 1.54) is 18.3 Å². The van der Waals surface area contributed by atoms with Crippen LogP contribution in [0.1, 0.15) is 22.8 Å². The number of benzene rings is 2. The Morgan fingerprint density at radius 2 is 1.94 bits per heavy atom. The standard InChI is InChI=1S/C25H19ClN2O5S/c1-14(24(29)27-12-15-6-7-20-21(10-15)32-13-31-20)33-25(30)17-11-19(22-8-9-23(26)34-22)28-18-5-3-2-4-16(17)18/h2-11,14H,12-13H2,1H3,(H,27,29)/t14-/m1/s1.